The van der Waals surface area contributed by atoms with E-state index in [0.29, 0.717) is 16.8 Å². The molecule has 2 aromatic carbocycles. The van der Waals surface area contributed by atoms with Gasteiger partial charge in [-0.05, 0) is 68.2 Å². The van der Waals surface area contributed by atoms with Crippen LogP contribution in [0.3, 0.4) is 0 Å². The fourth-order valence-corrected chi connectivity index (χ4v) is 3.50. The number of carbonyl (C=O) groups excluding carboxylic acids is 2. The number of carbonyl (C=O) groups is 2. The molecule has 0 saturated carbocycles. The fraction of sp³-hybridized carbons (Fsp3) is 0.333. The minimum Gasteiger partial charge on any atom is -0.371 e. The lowest BCUT2D eigenvalue weighted by molar-refractivity contribution is -0.384. The largest absolute Gasteiger partial charge is 0.371 e. The molecule has 32 heavy (non-hydrogen) atoms. The molecule has 1 fully saturated rings. The molecular formula is C24H28N4O4. The van der Waals surface area contributed by atoms with E-state index in [1.165, 1.54) is 18.2 Å². The highest BCUT2D eigenvalue weighted by molar-refractivity contribution is 6.05. The number of benzene rings is 2. The van der Waals surface area contributed by atoms with E-state index in [2.05, 4.69) is 15.5 Å². The lowest BCUT2D eigenvalue weighted by Crippen LogP contribution is -2.33. The molecule has 1 unspecified atom stereocenters. The highest BCUT2D eigenvalue weighted by atomic mass is 16.6. The molecule has 3 rings (SSSR count). The van der Waals surface area contributed by atoms with Crippen molar-refractivity contribution in [3.8, 4) is 0 Å². The van der Waals surface area contributed by atoms with E-state index in [0.717, 1.165) is 38.0 Å². The summed E-state index contributed by atoms with van der Waals surface area (Å²) < 4.78 is 0. The number of anilines is 2. The van der Waals surface area contributed by atoms with Gasteiger partial charge in [0.2, 0.25) is 5.91 Å². The molecule has 1 aliphatic rings. The van der Waals surface area contributed by atoms with E-state index in [4.69, 9.17) is 0 Å². The van der Waals surface area contributed by atoms with Crippen molar-refractivity contribution in [3.63, 3.8) is 0 Å². The molecule has 168 valence electrons. The Balaban J connectivity index is 1.75. The van der Waals surface area contributed by atoms with Crippen molar-refractivity contribution >= 4 is 35.0 Å². The first-order valence-corrected chi connectivity index (χ1v) is 10.8. The maximum absolute atomic E-state index is 12.9. The zero-order valence-electron chi connectivity index (χ0n) is 18.3. The van der Waals surface area contributed by atoms with Crippen LogP contribution >= 0.6 is 0 Å². The van der Waals surface area contributed by atoms with Crippen LogP contribution in [-0.2, 0) is 4.79 Å². The summed E-state index contributed by atoms with van der Waals surface area (Å²) in [5.41, 5.74) is 2.62. The van der Waals surface area contributed by atoms with Gasteiger partial charge in [0.25, 0.3) is 11.6 Å². The number of nitrogens with one attached hydrogen (secondary N) is 2. The molecule has 2 N–H and O–H groups in total. The molecule has 2 amide bonds. The molecule has 2 aromatic rings. The minimum absolute atomic E-state index is 0.00658. The molecular weight excluding hydrogens is 408 g/mol. The summed E-state index contributed by atoms with van der Waals surface area (Å²) in [6.45, 7) is 5.79. The number of non-ortho nitro benzene ring substituents is 1. The molecule has 1 aliphatic heterocycles. The van der Waals surface area contributed by atoms with E-state index < -0.39 is 4.92 Å². The van der Waals surface area contributed by atoms with E-state index >= 15 is 0 Å². The third-order valence-corrected chi connectivity index (χ3v) is 5.48. The molecule has 0 spiro atoms. The first-order chi connectivity index (χ1) is 15.4. The van der Waals surface area contributed by atoms with Gasteiger partial charge < -0.3 is 15.5 Å². The van der Waals surface area contributed by atoms with Crippen molar-refractivity contribution in [1.82, 2.24) is 5.32 Å². The van der Waals surface area contributed by atoms with Crippen LogP contribution in [0.2, 0.25) is 0 Å². The lowest BCUT2D eigenvalue weighted by atomic mass is 10.1. The van der Waals surface area contributed by atoms with Gasteiger partial charge in [-0.25, -0.2) is 0 Å². The van der Waals surface area contributed by atoms with Crippen molar-refractivity contribution in [2.24, 2.45) is 0 Å². The normalized spacial score (nSPS) is 14.4. The molecule has 0 aromatic heterocycles. The monoisotopic (exact) mass is 436 g/mol. The zero-order valence-corrected chi connectivity index (χ0v) is 18.3. The Morgan fingerprint density at radius 2 is 1.84 bits per heavy atom. The SMILES string of the molecule is CCC(C)NC(=O)c1cc(NC(=O)/C=C/c2ccc([N+](=O)[O-])cc2)ccc1N1CCCC1. The van der Waals surface area contributed by atoms with Gasteiger partial charge in [-0.15, -0.1) is 0 Å². The van der Waals surface area contributed by atoms with Gasteiger partial charge >= 0.3 is 0 Å². The average Bonchev–Trinajstić information content (AvgIpc) is 3.32. The van der Waals surface area contributed by atoms with Crippen LogP contribution < -0.4 is 15.5 Å². The Labute approximate surface area is 187 Å². The average molecular weight is 437 g/mol. The van der Waals surface area contributed by atoms with Crippen molar-refractivity contribution < 1.29 is 14.5 Å². The standard InChI is InChI=1S/C24H28N4O4/c1-3-17(2)25-24(30)21-16-19(9-12-22(21)27-14-4-5-15-27)26-23(29)13-8-18-6-10-20(11-7-18)28(31)32/h6-13,16-17H,3-5,14-15H2,1-2H3,(H,25,30)(H,26,29)/b13-8+. The molecule has 0 aliphatic carbocycles. The van der Waals surface area contributed by atoms with Crippen LogP contribution in [0.5, 0.6) is 0 Å². The Morgan fingerprint density at radius 3 is 2.47 bits per heavy atom. The highest BCUT2D eigenvalue weighted by Crippen LogP contribution is 2.28. The summed E-state index contributed by atoms with van der Waals surface area (Å²) in [6.07, 6.45) is 5.95. The second-order valence-electron chi connectivity index (χ2n) is 7.88. The predicted molar refractivity (Wildman–Crippen MR) is 126 cm³/mol. The second kappa shape index (κ2) is 10.6. The van der Waals surface area contributed by atoms with E-state index in [1.807, 2.05) is 19.9 Å². The predicted octanol–water partition coefficient (Wildman–Crippen LogP) is 4.38. The maximum atomic E-state index is 12.9. The number of hydrogen-bond donors (Lipinski definition) is 2. The van der Waals surface area contributed by atoms with E-state index in [1.54, 1.807) is 30.3 Å². The molecule has 1 atom stereocenters. The van der Waals surface area contributed by atoms with Crippen LogP contribution in [0.25, 0.3) is 6.08 Å². The molecule has 8 nitrogen and oxygen atoms in total. The van der Waals surface area contributed by atoms with Crippen molar-refractivity contribution in [2.75, 3.05) is 23.3 Å². The molecule has 0 radical (unpaired) electrons. The number of amides is 2. The quantitative estimate of drug-likeness (QED) is 0.363. The van der Waals surface area contributed by atoms with E-state index in [-0.39, 0.29) is 23.5 Å². The first-order valence-electron chi connectivity index (χ1n) is 10.8. The molecule has 0 bridgehead atoms. The topological polar surface area (TPSA) is 105 Å². The van der Waals surface area contributed by atoms with Crippen LogP contribution in [-0.4, -0.2) is 35.9 Å². The van der Waals surface area contributed by atoms with Gasteiger partial charge in [0.15, 0.2) is 0 Å². The van der Waals surface area contributed by atoms with Crippen LogP contribution in [0.4, 0.5) is 17.1 Å². The van der Waals surface area contributed by atoms with Gasteiger partial charge in [-0.1, -0.05) is 6.92 Å². The number of nitro groups is 1. The summed E-state index contributed by atoms with van der Waals surface area (Å²) in [6, 6.07) is 11.4. The summed E-state index contributed by atoms with van der Waals surface area (Å²) in [7, 11) is 0. The van der Waals surface area contributed by atoms with Gasteiger partial charge in [0, 0.05) is 48.7 Å². The van der Waals surface area contributed by atoms with Crippen LogP contribution in [0.1, 0.15) is 49.0 Å². The number of rotatable bonds is 8. The third-order valence-electron chi connectivity index (χ3n) is 5.48. The Kier molecular flexibility index (Phi) is 7.59. The Morgan fingerprint density at radius 1 is 1.16 bits per heavy atom. The zero-order chi connectivity index (χ0) is 23.1. The van der Waals surface area contributed by atoms with Crippen molar-refractivity contribution in [2.45, 2.75) is 39.2 Å². The van der Waals surface area contributed by atoms with Gasteiger partial charge in [-0.2, -0.15) is 0 Å². The Bertz CT molecular complexity index is 1010. The second-order valence-corrected chi connectivity index (χ2v) is 7.88. The summed E-state index contributed by atoms with van der Waals surface area (Å²) in [5, 5.41) is 16.5. The number of hydrogen-bond acceptors (Lipinski definition) is 5. The number of nitrogens with zero attached hydrogens (tertiary/aromatic N) is 2. The third kappa shape index (κ3) is 5.94. The van der Waals surface area contributed by atoms with E-state index in [9.17, 15) is 19.7 Å². The van der Waals surface area contributed by atoms with Crippen LogP contribution in [0.15, 0.2) is 48.5 Å². The molecule has 1 saturated heterocycles. The highest BCUT2D eigenvalue weighted by Gasteiger charge is 2.21. The van der Waals surface area contributed by atoms with Gasteiger partial charge in [-0.3, -0.25) is 19.7 Å². The first kappa shape index (κ1) is 23.0. The summed E-state index contributed by atoms with van der Waals surface area (Å²) >= 11 is 0. The van der Waals surface area contributed by atoms with Gasteiger partial charge in [0.05, 0.1) is 10.5 Å². The van der Waals surface area contributed by atoms with Crippen LogP contribution in [0, 0.1) is 10.1 Å². The van der Waals surface area contributed by atoms with Gasteiger partial charge in [0.1, 0.15) is 0 Å². The summed E-state index contributed by atoms with van der Waals surface area (Å²) in [5.74, 6) is -0.510. The van der Waals surface area contributed by atoms with Crippen molar-refractivity contribution in [1.29, 1.82) is 0 Å². The smallest absolute Gasteiger partial charge is 0.269 e. The lowest BCUT2D eigenvalue weighted by Gasteiger charge is -2.22. The maximum Gasteiger partial charge on any atom is 0.269 e. The minimum atomic E-state index is -0.471. The van der Waals surface area contributed by atoms with Crippen molar-refractivity contribution in [3.05, 3.63) is 69.8 Å². The Hall–Kier alpha value is -3.68. The summed E-state index contributed by atoms with van der Waals surface area (Å²) in [4.78, 5) is 37.8. The molecule has 8 heteroatoms. The molecule has 1 heterocycles. The number of nitro benzene ring substituents is 1. The fourth-order valence-electron chi connectivity index (χ4n) is 3.50.